The number of carbonyl (C=O) groups is 1. The number of thioether (sulfide) groups is 2. The van der Waals surface area contributed by atoms with E-state index in [2.05, 4.69) is 9.88 Å². The fourth-order valence-electron chi connectivity index (χ4n) is 1.90. The molecule has 0 aromatic carbocycles. The molecule has 2 heterocycles. The normalized spacial score (nSPS) is 16.2. The molecule has 1 fully saturated rings. The zero-order valence-corrected chi connectivity index (χ0v) is 12.7. The van der Waals surface area contributed by atoms with Gasteiger partial charge in [0.25, 0.3) is 5.56 Å². The summed E-state index contributed by atoms with van der Waals surface area (Å²) in [7, 11) is 0. The van der Waals surface area contributed by atoms with Crippen LogP contribution in [0, 0.1) is 0 Å². The van der Waals surface area contributed by atoms with Crippen LogP contribution in [0.1, 0.15) is 0 Å². The second-order valence-corrected chi connectivity index (χ2v) is 6.55. The quantitative estimate of drug-likeness (QED) is 0.604. The number of aliphatic carboxylic acids is 1. The summed E-state index contributed by atoms with van der Waals surface area (Å²) in [6.07, 6.45) is 1.69. The van der Waals surface area contributed by atoms with Crippen molar-refractivity contribution in [3.05, 3.63) is 22.6 Å². The van der Waals surface area contributed by atoms with Gasteiger partial charge in [-0.25, -0.2) is 0 Å². The van der Waals surface area contributed by atoms with Crippen LogP contribution < -0.4 is 5.56 Å². The van der Waals surface area contributed by atoms with Crippen molar-refractivity contribution >= 4 is 29.5 Å². The summed E-state index contributed by atoms with van der Waals surface area (Å²) in [6.45, 7) is 3.78. The summed E-state index contributed by atoms with van der Waals surface area (Å²) in [4.78, 5) is 28.2. The third-order valence-electron chi connectivity index (χ3n) is 2.93. The Morgan fingerprint density at radius 3 is 2.85 bits per heavy atom. The Labute approximate surface area is 125 Å². The molecule has 8 heteroatoms. The summed E-state index contributed by atoms with van der Waals surface area (Å²) >= 11 is 3.05. The summed E-state index contributed by atoms with van der Waals surface area (Å²) in [5, 5.41) is 9.20. The van der Waals surface area contributed by atoms with Crippen LogP contribution >= 0.6 is 23.5 Å². The lowest BCUT2D eigenvalue weighted by molar-refractivity contribution is -0.133. The highest BCUT2D eigenvalue weighted by Gasteiger charge is 2.12. The third kappa shape index (κ3) is 4.84. The monoisotopic (exact) mass is 315 g/mol. The second kappa shape index (κ2) is 7.70. The Hall–Kier alpha value is -0.990. The molecule has 0 saturated carbocycles. The molecule has 1 saturated heterocycles. The molecule has 0 aliphatic carbocycles. The van der Waals surface area contributed by atoms with E-state index in [9.17, 15) is 9.59 Å². The van der Waals surface area contributed by atoms with E-state index >= 15 is 0 Å². The highest BCUT2D eigenvalue weighted by atomic mass is 32.2. The largest absolute Gasteiger partial charge is 0.481 e. The van der Waals surface area contributed by atoms with E-state index in [1.54, 1.807) is 6.20 Å². The number of rotatable bonds is 6. The van der Waals surface area contributed by atoms with E-state index in [0.29, 0.717) is 5.16 Å². The van der Waals surface area contributed by atoms with Gasteiger partial charge >= 0.3 is 5.97 Å². The summed E-state index contributed by atoms with van der Waals surface area (Å²) in [5.41, 5.74) is -0.330. The molecule has 1 aromatic rings. The van der Waals surface area contributed by atoms with Gasteiger partial charge in [-0.05, 0) is 0 Å². The minimum absolute atomic E-state index is 0.0865. The van der Waals surface area contributed by atoms with E-state index in [4.69, 9.17) is 5.11 Å². The van der Waals surface area contributed by atoms with Crippen LogP contribution in [-0.4, -0.2) is 62.4 Å². The molecular weight excluding hydrogens is 298 g/mol. The number of carboxylic acid groups (broad SMARTS) is 1. The molecule has 0 radical (unpaired) electrons. The van der Waals surface area contributed by atoms with Gasteiger partial charge in [0, 0.05) is 49.9 Å². The Kier molecular flexibility index (Phi) is 5.93. The van der Waals surface area contributed by atoms with Gasteiger partial charge in [0.15, 0.2) is 5.16 Å². The minimum Gasteiger partial charge on any atom is -0.481 e. The molecule has 0 atom stereocenters. The first-order chi connectivity index (χ1) is 9.65. The zero-order chi connectivity index (χ0) is 14.4. The van der Waals surface area contributed by atoms with Crippen molar-refractivity contribution in [1.29, 1.82) is 0 Å². The topological polar surface area (TPSA) is 75.4 Å². The van der Waals surface area contributed by atoms with Gasteiger partial charge in [-0.15, -0.1) is 0 Å². The maximum Gasteiger partial charge on any atom is 0.313 e. The molecule has 1 aliphatic rings. The van der Waals surface area contributed by atoms with Gasteiger partial charge in [0.05, 0.1) is 5.75 Å². The Morgan fingerprint density at radius 1 is 1.40 bits per heavy atom. The fourth-order valence-corrected chi connectivity index (χ4v) is 3.60. The predicted octanol–water partition coefficient (Wildman–Crippen LogP) is 0.469. The molecule has 2 rings (SSSR count). The Bertz CT molecular complexity index is 515. The first-order valence-corrected chi connectivity index (χ1v) is 8.51. The Balaban J connectivity index is 1.98. The van der Waals surface area contributed by atoms with Crippen LogP contribution in [0.5, 0.6) is 0 Å². The molecular formula is C12H17N3O3S2. The number of aromatic nitrogens is 2. The molecule has 1 N–H and O–H groups in total. The zero-order valence-electron chi connectivity index (χ0n) is 11.0. The first kappa shape index (κ1) is 15.4. The second-order valence-electron chi connectivity index (χ2n) is 4.38. The number of nitrogens with zero attached hydrogens (tertiary/aromatic N) is 3. The highest BCUT2D eigenvalue weighted by molar-refractivity contribution is 7.99. The van der Waals surface area contributed by atoms with Crippen LogP contribution in [0.25, 0.3) is 0 Å². The predicted molar refractivity (Wildman–Crippen MR) is 80.6 cm³/mol. The van der Waals surface area contributed by atoms with Crippen molar-refractivity contribution in [3.63, 3.8) is 0 Å². The first-order valence-electron chi connectivity index (χ1n) is 6.37. The van der Waals surface area contributed by atoms with Gasteiger partial charge in [-0.2, -0.15) is 16.7 Å². The van der Waals surface area contributed by atoms with Crippen LogP contribution in [0.4, 0.5) is 0 Å². The maximum absolute atomic E-state index is 11.3. The van der Waals surface area contributed by atoms with Crippen LogP contribution in [0.15, 0.2) is 22.2 Å². The van der Waals surface area contributed by atoms with Gasteiger partial charge in [-0.3, -0.25) is 14.5 Å². The summed E-state index contributed by atoms with van der Waals surface area (Å²) < 4.78 is 1.86. The van der Waals surface area contributed by atoms with Gasteiger partial charge in [0.1, 0.15) is 0 Å². The van der Waals surface area contributed by atoms with Crippen LogP contribution in [0.2, 0.25) is 0 Å². The van der Waals surface area contributed by atoms with Crippen molar-refractivity contribution in [3.8, 4) is 0 Å². The maximum atomic E-state index is 11.3. The van der Waals surface area contributed by atoms with Crippen molar-refractivity contribution in [2.75, 3.05) is 36.9 Å². The van der Waals surface area contributed by atoms with Gasteiger partial charge in [-0.1, -0.05) is 11.8 Å². The molecule has 6 nitrogen and oxygen atoms in total. The number of carboxylic acids is 1. The molecule has 20 heavy (non-hydrogen) atoms. The summed E-state index contributed by atoms with van der Waals surface area (Å²) in [5.74, 6) is 1.32. The van der Waals surface area contributed by atoms with Crippen molar-refractivity contribution < 1.29 is 9.90 Å². The standard InChI is InChI=1S/C12H17N3O3S2/c16-10-1-2-15(12(13-10)20-9-11(17)18)4-3-14-5-7-19-8-6-14/h1-2H,3-9H2,(H,17,18). The van der Waals surface area contributed by atoms with E-state index in [1.165, 1.54) is 6.07 Å². The lowest BCUT2D eigenvalue weighted by Gasteiger charge is -2.26. The smallest absolute Gasteiger partial charge is 0.313 e. The molecule has 0 unspecified atom stereocenters. The average molecular weight is 315 g/mol. The molecule has 1 aliphatic heterocycles. The Morgan fingerprint density at radius 2 is 2.15 bits per heavy atom. The molecule has 0 amide bonds. The van der Waals surface area contributed by atoms with E-state index in [1.807, 2.05) is 16.3 Å². The minimum atomic E-state index is -0.910. The van der Waals surface area contributed by atoms with Crippen molar-refractivity contribution in [2.24, 2.45) is 0 Å². The van der Waals surface area contributed by atoms with Crippen LogP contribution in [-0.2, 0) is 11.3 Å². The fraction of sp³-hybridized carbons (Fsp3) is 0.583. The number of hydrogen-bond acceptors (Lipinski definition) is 6. The van der Waals surface area contributed by atoms with E-state index < -0.39 is 5.97 Å². The van der Waals surface area contributed by atoms with Crippen molar-refractivity contribution in [1.82, 2.24) is 14.5 Å². The lowest BCUT2D eigenvalue weighted by atomic mass is 10.4. The number of hydrogen-bond donors (Lipinski definition) is 1. The molecule has 0 spiro atoms. The van der Waals surface area contributed by atoms with E-state index in [-0.39, 0.29) is 11.3 Å². The van der Waals surface area contributed by atoms with E-state index in [0.717, 1.165) is 49.4 Å². The van der Waals surface area contributed by atoms with Crippen LogP contribution in [0.3, 0.4) is 0 Å². The highest BCUT2D eigenvalue weighted by Crippen LogP contribution is 2.14. The SMILES string of the molecule is O=C(O)CSc1nc(=O)ccn1CCN1CCSCC1. The van der Waals surface area contributed by atoms with Crippen molar-refractivity contribution in [2.45, 2.75) is 11.7 Å². The van der Waals surface area contributed by atoms with Gasteiger partial charge < -0.3 is 9.67 Å². The third-order valence-corrected chi connectivity index (χ3v) is 4.85. The lowest BCUT2D eigenvalue weighted by Crippen LogP contribution is -2.35. The average Bonchev–Trinajstić information content (AvgIpc) is 2.45. The molecule has 110 valence electrons. The summed E-state index contributed by atoms with van der Waals surface area (Å²) in [6, 6.07) is 1.41. The van der Waals surface area contributed by atoms with Gasteiger partial charge in [0.2, 0.25) is 0 Å². The molecule has 0 bridgehead atoms. The molecule has 1 aromatic heterocycles.